The Kier molecular flexibility index (Phi) is 5.78. The molecule has 104 valence electrons. The van der Waals surface area contributed by atoms with Crippen LogP contribution in [0.15, 0.2) is 23.1 Å². The van der Waals surface area contributed by atoms with Crippen molar-refractivity contribution in [2.24, 2.45) is 0 Å². The molecule has 6 nitrogen and oxygen atoms in total. The molecule has 7 heteroatoms. The number of rotatable bonds is 6. The summed E-state index contributed by atoms with van der Waals surface area (Å²) >= 11 is 1.30. The molecule has 0 atom stereocenters. The SMILES string of the molecule is CN(C)C(=O)c1ccc(SCCCO)c([N+](=O)[O-])c1. The van der Waals surface area contributed by atoms with Crippen molar-refractivity contribution in [1.82, 2.24) is 4.90 Å². The topological polar surface area (TPSA) is 83.7 Å². The molecule has 0 aliphatic carbocycles. The van der Waals surface area contributed by atoms with Gasteiger partial charge in [0.25, 0.3) is 11.6 Å². The van der Waals surface area contributed by atoms with E-state index in [2.05, 4.69) is 0 Å². The molecule has 0 spiro atoms. The molecular formula is C12H16N2O4S. The van der Waals surface area contributed by atoms with E-state index in [9.17, 15) is 14.9 Å². The molecule has 0 aromatic heterocycles. The standard InChI is InChI=1S/C12H16N2O4S/c1-13(2)12(16)9-4-5-11(19-7-3-6-15)10(8-9)14(17)18/h4-5,8,15H,3,6-7H2,1-2H3. The summed E-state index contributed by atoms with van der Waals surface area (Å²) in [5.74, 6) is 0.327. The van der Waals surface area contributed by atoms with Crippen molar-refractivity contribution in [1.29, 1.82) is 0 Å². The number of nitrogens with zero attached hydrogens (tertiary/aromatic N) is 2. The number of nitro benzene ring substituents is 1. The molecule has 0 aliphatic heterocycles. The van der Waals surface area contributed by atoms with Gasteiger partial charge < -0.3 is 10.0 Å². The maximum atomic E-state index is 11.8. The highest BCUT2D eigenvalue weighted by Gasteiger charge is 2.18. The Morgan fingerprint density at radius 1 is 1.47 bits per heavy atom. The fraction of sp³-hybridized carbons (Fsp3) is 0.417. The first kappa shape index (κ1) is 15.5. The van der Waals surface area contributed by atoms with Crippen LogP contribution in [0.3, 0.4) is 0 Å². The first-order valence-corrected chi connectivity index (χ1v) is 6.69. The molecule has 1 amide bonds. The zero-order valence-electron chi connectivity index (χ0n) is 10.8. The second-order valence-electron chi connectivity index (χ2n) is 4.06. The second-order valence-corrected chi connectivity index (χ2v) is 5.20. The van der Waals surface area contributed by atoms with E-state index in [1.165, 1.54) is 22.7 Å². The van der Waals surface area contributed by atoms with Crippen molar-refractivity contribution in [2.45, 2.75) is 11.3 Å². The van der Waals surface area contributed by atoms with Crippen molar-refractivity contribution in [2.75, 3.05) is 26.5 Å². The Bertz CT molecular complexity index is 477. The van der Waals surface area contributed by atoms with Gasteiger partial charge in [-0.05, 0) is 18.6 Å². The van der Waals surface area contributed by atoms with Crippen LogP contribution in [0.1, 0.15) is 16.8 Å². The van der Waals surface area contributed by atoms with Crippen LogP contribution < -0.4 is 0 Å². The number of aliphatic hydroxyl groups excluding tert-OH is 1. The highest BCUT2D eigenvalue weighted by Crippen LogP contribution is 2.30. The van der Waals surface area contributed by atoms with E-state index in [0.29, 0.717) is 22.6 Å². The van der Waals surface area contributed by atoms with Crippen molar-refractivity contribution in [3.63, 3.8) is 0 Å². The lowest BCUT2D eigenvalue weighted by atomic mass is 10.2. The number of nitro groups is 1. The van der Waals surface area contributed by atoms with Gasteiger partial charge in [-0.3, -0.25) is 14.9 Å². The second kappa shape index (κ2) is 7.10. The largest absolute Gasteiger partial charge is 0.396 e. The third-order valence-electron chi connectivity index (χ3n) is 2.37. The number of hydrogen-bond acceptors (Lipinski definition) is 5. The lowest BCUT2D eigenvalue weighted by molar-refractivity contribution is -0.387. The predicted octanol–water partition coefficient (Wildman–Crippen LogP) is 1.77. The monoisotopic (exact) mass is 284 g/mol. The summed E-state index contributed by atoms with van der Waals surface area (Å²) in [5.41, 5.74) is 0.221. The average Bonchev–Trinajstić information content (AvgIpc) is 2.38. The minimum absolute atomic E-state index is 0.0536. The van der Waals surface area contributed by atoms with E-state index >= 15 is 0 Å². The average molecular weight is 284 g/mol. The van der Waals surface area contributed by atoms with Gasteiger partial charge in [-0.1, -0.05) is 0 Å². The molecular weight excluding hydrogens is 268 g/mol. The Hall–Kier alpha value is -1.60. The fourth-order valence-electron chi connectivity index (χ4n) is 1.42. The summed E-state index contributed by atoms with van der Waals surface area (Å²) in [6.07, 6.45) is 0.570. The smallest absolute Gasteiger partial charge is 0.283 e. The van der Waals surface area contributed by atoms with Gasteiger partial charge in [0.2, 0.25) is 0 Å². The number of hydrogen-bond donors (Lipinski definition) is 1. The third kappa shape index (κ3) is 4.22. The number of aliphatic hydroxyl groups is 1. The van der Waals surface area contributed by atoms with Crippen LogP contribution in [-0.4, -0.2) is 47.3 Å². The van der Waals surface area contributed by atoms with E-state index in [1.807, 2.05) is 0 Å². The van der Waals surface area contributed by atoms with Gasteiger partial charge in [0, 0.05) is 38.1 Å². The van der Waals surface area contributed by atoms with Gasteiger partial charge in [0.1, 0.15) is 0 Å². The predicted molar refractivity (Wildman–Crippen MR) is 73.5 cm³/mol. The van der Waals surface area contributed by atoms with E-state index in [4.69, 9.17) is 5.11 Å². The Balaban J connectivity index is 3.01. The molecule has 0 radical (unpaired) electrons. The first-order chi connectivity index (χ1) is 8.97. The molecule has 1 N–H and O–H groups in total. The summed E-state index contributed by atoms with van der Waals surface area (Å²) < 4.78 is 0. The van der Waals surface area contributed by atoms with Crippen LogP contribution >= 0.6 is 11.8 Å². The van der Waals surface area contributed by atoms with E-state index in [-0.39, 0.29) is 18.2 Å². The molecule has 1 aromatic rings. The Morgan fingerprint density at radius 2 is 2.16 bits per heavy atom. The van der Waals surface area contributed by atoms with E-state index in [0.717, 1.165) is 0 Å². The van der Waals surface area contributed by atoms with Crippen molar-refractivity contribution in [3.8, 4) is 0 Å². The third-order valence-corrected chi connectivity index (χ3v) is 3.52. The number of carbonyl (C=O) groups excluding carboxylic acids is 1. The Labute approximate surface area is 115 Å². The van der Waals surface area contributed by atoms with Crippen LogP contribution in [0.25, 0.3) is 0 Å². The summed E-state index contributed by atoms with van der Waals surface area (Å²) in [6, 6.07) is 4.46. The number of benzene rings is 1. The highest BCUT2D eigenvalue weighted by molar-refractivity contribution is 7.99. The van der Waals surface area contributed by atoms with Crippen molar-refractivity contribution in [3.05, 3.63) is 33.9 Å². The quantitative estimate of drug-likeness (QED) is 0.372. The number of thioether (sulfide) groups is 1. The van der Waals surface area contributed by atoms with Gasteiger partial charge >= 0.3 is 0 Å². The molecule has 19 heavy (non-hydrogen) atoms. The van der Waals surface area contributed by atoms with Gasteiger partial charge in [-0.2, -0.15) is 0 Å². The van der Waals surface area contributed by atoms with Gasteiger partial charge in [-0.25, -0.2) is 0 Å². The molecule has 0 aliphatic rings. The van der Waals surface area contributed by atoms with Crippen LogP contribution in [0, 0.1) is 10.1 Å². The highest BCUT2D eigenvalue weighted by atomic mass is 32.2. The molecule has 0 fully saturated rings. The normalized spacial score (nSPS) is 10.3. The zero-order valence-corrected chi connectivity index (χ0v) is 11.6. The van der Waals surface area contributed by atoms with E-state index < -0.39 is 4.92 Å². The van der Waals surface area contributed by atoms with E-state index in [1.54, 1.807) is 26.2 Å². The summed E-state index contributed by atoms with van der Waals surface area (Å²) in [4.78, 5) is 24.2. The molecule has 1 rings (SSSR count). The van der Waals surface area contributed by atoms with Gasteiger partial charge in [0.15, 0.2) is 0 Å². The maximum absolute atomic E-state index is 11.8. The fourth-order valence-corrected chi connectivity index (χ4v) is 2.36. The lowest BCUT2D eigenvalue weighted by Crippen LogP contribution is -2.21. The molecule has 0 heterocycles. The molecule has 0 bridgehead atoms. The summed E-state index contributed by atoms with van der Waals surface area (Å²) in [7, 11) is 3.19. The molecule has 0 saturated carbocycles. The van der Waals surface area contributed by atoms with Gasteiger partial charge in [-0.15, -0.1) is 11.8 Å². The molecule has 1 aromatic carbocycles. The molecule has 0 saturated heterocycles. The van der Waals surface area contributed by atoms with Gasteiger partial charge in [0.05, 0.1) is 9.82 Å². The van der Waals surface area contributed by atoms with Crippen LogP contribution in [0.2, 0.25) is 0 Å². The zero-order chi connectivity index (χ0) is 14.4. The van der Waals surface area contributed by atoms with Crippen LogP contribution in [0.5, 0.6) is 0 Å². The minimum Gasteiger partial charge on any atom is -0.396 e. The minimum atomic E-state index is -0.492. The maximum Gasteiger partial charge on any atom is 0.283 e. The summed E-state index contributed by atoms with van der Waals surface area (Å²) in [6.45, 7) is 0.0536. The first-order valence-electron chi connectivity index (χ1n) is 5.71. The lowest BCUT2D eigenvalue weighted by Gasteiger charge is -2.10. The number of carbonyl (C=O) groups is 1. The molecule has 0 unspecified atom stereocenters. The Morgan fingerprint density at radius 3 is 2.68 bits per heavy atom. The summed E-state index contributed by atoms with van der Waals surface area (Å²) in [5, 5.41) is 19.7. The number of amides is 1. The van der Waals surface area contributed by atoms with Crippen LogP contribution in [-0.2, 0) is 0 Å². The van der Waals surface area contributed by atoms with Crippen LogP contribution in [0.4, 0.5) is 5.69 Å². The van der Waals surface area contributed by atoms with Crippen molar-refractivity contribution >= 4 is 23.4 Å². The van der Waals surface area contributed by atoms with Crippen molar-refractivity contribution < 1.29 is 14.8 Å².